The average Bonchev–Trinajstić information content (AvgIpc) is 3.15. The van der Waals surface area contributed by atoms with E-state index in [9.17, 15) is 0 Å². The van der Waals surface area contributed by atoms with Gasteiger partial charge in [-0.15, -0.1) is 0 Å². The van der Waals surface area contributed by atoms with Crippen LogP contribution in [0.2, 0.25) is 0 Å². The first-order valence-corrected chi connectivity index (χ1v) is 8.03. The van der Waals surface area contributed by atoms with Gasteiger partial charge in [0.25, 0.3) is 0 Å². The number of nitrogens with zero attached hydrogens (tertiary/aromatic N) is 3. The van der Waals surface area contributed by atoms with E-state index in [4.69, 9.17) is 10.3 Å². The van der Waals surface area contributed by atoms with Gasteiger partial charge in [0.1, 0.15) is 0 Å². The summed E-state index contributed by atoms with van der Waals surface area (Å²) in [6, 6.07) is 0.227. The zero-order valence-electron chi connectivity index (χ0n) is 12.6. The zero-order chi connectivity index (χ0) is 14.1. The predicted octanol–water partition coefficient (Wildman–Crippen LogP) is 1.79. The van der Waals surface area contributed by atoms with Crippen molar-refractivity contribution in [2.75, 3.05) is 19.6 Å². The first-order valence-electron chi connectivity index (χ1n) is 8.03. The molecule has 0 amide bonds. The fourth-order valence-electron chi connectivity index (χ4n) is 4.00. The van der Waals surface area contributed by atoms with E-state index >= 15 is 0 Å². The van der Waals surface area contributed by atoms with E-state index in [1.807, 2.05) is 0 Å². The van der Waals surface area contributed by atoms with Gasteiger partial charge in [0.05, 0.1) is 5.92 Å². The van der Waals surface area contributed by atoms with Gasteiger partial charge in [-0.2, -0.15) is 4.98 Å². The molecule has 0 radical (unpaired) electrons. The van der Waals surface area contributed by atoms with Crippen LogP contribution in [0.4, 0.5) is 0 Å². The second kappa shape index (κ2) is 5.82. The molecule has 4 unspecified atom stereocenters. The van der Waals surface area contributed by atoms with Crippen LogP contribution in [-0.2, 0) is 6.42 Å². The molecular formula is C15H26N4O. The minimum Gasteiger partial charge on any atom is -0.339 e. The molecule has 112 valence electrons. The molecule has 0 aromatic carbocycles. The Morgan fingerprint density at radius 2 is 2.00 bits per heavy atom. The maximum Gasteiger partial charge on any atom is 0.231 e. The Hall–Kier alpha value is -0.940. The van der Waals surface area contributed by atoms with Crippen LogP contribution in [0.25, 0.3) is 0 Å². The van der Waals surface area contributed by atoms with E-state index in [1.54, 1.807) is 0 Å². The number of fused-ring (bicyclic) bond motifs is 2. The molecule has 0 saturated heterocycles. The van der Waals surface area contributed by atoms with E-state index in [1.165, 1.54) is 19.3 Å². The highest BCUT2D eigenvalue weighted by Gasteiger charge is 2.48. The van der Waals surface area contributed by atoms with Crippen LogP contribution in [0, 0.1) is 11.8 Å². The smallest absolute Gasteiger partial charge is 0.231 e. The second-order valence-electron chi connectivity index (χ2n) is 6.26. The van der Waals surface area contributed by atoms with Crippen LogP contribution < -0.4 is 5.73 Å². The van der Waals surface area contributed by atoms with Crippen LogP contribution in [0.3, 0.4) is 0 Å². The summed E-state index contributed by atoms with van der Waals surface area (Å²) in [4.78, 5) is 6.99. The van der Waals surface area contributed by atoms with Crippen molar-refractivity contribution in [3.8, 4) is 0 Å². The Morgan fingerprint density at radius 1 is 1.25 bits per heavy atom. The minimum absolute atomic E-state index is 0.227. The van der Waals surface area contributed by atoms with Gasteiger partial charge in [0, 0.05) is 19.0 Å². The Balaban J connectivity index is 1.62. The third kappa shape index (κ3) is 2.49. The lowest BCUT2D eigenvalue weighted by Crippen LogP contribution is -2.34. The number of likely N-dealkylation sites (N-methyl/N-ethyl adjacent to an activating group) is 1. The lowest BCUT2D eigenvalue weighted by molar-refractivity contribution is 0.276. The molecule has 2 aliphatic carbocycles. The Kier molecular flexibility index (Phi) is 4.08. The molecule has 1 heterocycles. The van der Waals surface area contributed by atoms with Crippen molar-refractivity contribution in [2.45, 2.75) is 51.5 Å². The average molecular weight is 278 g/mol. The third-order valence-electron chi connectivity index (χ3n) is 5.30. The highest BCUT2D eigenvalue weighted by Crippen LogP contribution is 2.51. The normalized spacial score (nSPS) is 32.4. The number of hydrogen-bond donors (Lipinski definition) is 1. The SMILES string of the molecule is CCN(CC)CCc1noc(C2C3CCC(C3)C2N)n1. The molecule has 20 heavy (non-hydrogen) atoms. The van der Waals surface area contributed by atoms with Crippen LogP contribution in [0.1, 0.15) is 50.7 Å². The van der Waals surface area contributed by atoms with Gasteiger partial charge in [0.2, 0.25) is 5.89 Å². The summed E-state index contributed by atoms with van der Waals surface area (Å²) < 4.78 is 5.51. The maximum atomic E-state index is 6.33. The Labute approximate surface area is 120 Å². The van der Waals surface area contributed by atoms with Crippen LogP contribution in [0.15, 0.2) is 4.52 Å². The topological polar surface area (TPSA) is 68.2 Å². The first-order chi connectivity index (χ1) is 9.72. The standard InChI is InChI=1S/C15H26N4O/c1-3-19(4-2)8-7-12-17-15(20-18-12)13-10-5-6-11(9-10)14(13)16/h10-11,13-14H,3-9,16H2,1-2H3. The monoisotopic (exact) mass is 278 g/mol. The van der Waals surface area contributed by atoms with Crippen molar-refractivity contribution in [3.63, 3.8) is 0 Å². The van der Waals surface area contributed by atoms with Crippen molar-refractivity contribution in [2.24, 2.45) is 17.6 Å². The van der Waals surface area contributed by atoms with Gasteiger partial charge in [0.15, 0.2) is 5.82 Å². The lowest BCUT2D eigenvalue weighted by Gasteiger charge is -2.24. The van der Waals surface area contributed by atoms with Gasteiger partial charge in [-0.3, -0.25) is 0 Å². The van der Waals surface area contributed by atoms with E-state index in [-0.39, 0.29) is 6.04 Å². The summed E-state index contributed by atoms with van der Waals surface area (Å²) >= 11 is 0. The molecule has 2 bridgehead atoms. The van der Waals surface area contributed by atoms with Crippen LogP contribution in [-0.4, -0.2) is 40.7 Å². The molecule has 5 heteroatoms. The van der Waals surface area contributed by atoms with Crippen molar-refractivity contribution >= 4 is 0 Å². The highest BCUT2D eigenvalue weighted by molar-refractivity contribution is 5.11. The molecule has 2 aliphatic rings. The van der Waals surface area contributed by atoms with Gasteiger partial charge >= 0.3 is 0 Å². The summed E-state index contributed by atoms with van der Waals surface area (Å²) in [5.41, 5.74) is 6.33. The molecule has 2 saturated carbocycles. The number of rotatable bonds is 6. The molecule has 3 rings (SSSR count). The molecule has 4 atom stereocenters. The highest BCUT2D eigenvalue weighted by atomic mass is 16.5. The van der Waals surface area contributed by atoms with E-state index in [0.717, 1.165) is 37.8 Å². The van der Waals surface area contributed by atoms with Crippen molar-refractivity contribution in [3.05, 3.63) is 11.7 Å². The number of aromatic nitrogens is 2. The lowest BCUT2D eigenvalue weighted by atomic mass is 9.85. The second-order valence-corrected chi connectivity index (χ2v) is 6.26. The molecule has 2 N–H and O–H groups in total. The van der Waals surface area contributed by atoms with Crippen molar-refractivity contribution in [1.29, 1.82) is 0 Å². The molecule has 5 nitrogen and oxygen atoms in total. The van der Waals surface area contributed by atoms with E-state index < -0.39 is 0 Å². The molecular weight excluding hydrogens is 252 g/mol. The van der Waals surface area contributed by atoms with Gasteiger partial charge in [-0.1, -0.05) is 19.0 Å². The summed E-state index contributed by atoms with van der Waals surface area (Å²) in [5, 5.41) is 4.15. The summed E-state index contributed by atoms with van der Waals surface area (Å²) in [5.74, 6) is 3.28. The van der Waals surface area contributed by atoms with E-state index in [2.05, 4.69) is 28.9 Å². The maximum absolute atomic E-state index is 6.33. The van der Waals surface area contributed by atoms with Crippen molar-refractivity contribution < 1.29 is 4.52 Å². The van der Waals surface area contributed by atoms with E-state index in [0.29, 0.717) is 17.8 Å². The summed E-state index contributed by atoms with van der Waals surface area (Å²) in [7, 11) is 0. The molecule has 1 aromatic heterocycles. The molecule has 2 fully saturated rings. The largest absolute Gasteiger partial charge is 0.339 e. The third-order valence-corrected chi connectivity index (χ3v) is 5.30. The van der Waals surface area contributed by atoms with Gasteiger partial charge < -0.3 is 15.2 Å². The molecule has 0 aliphatic heterocycles. The number of nitrogens with two attached hydrogens (primary N) is 1. The molecule has 1 aromatic rings. The van der Waals surface area contributed by atoms with Crippen LogP contribution in [0.5, 0.6) is 0 Å². The van der Waals surface area contributed by atoms with Gasteiger partial charge in [-0.05, 0) is 44.2 Å². The van der Waals surface area contributed by atoms with Gasteiger partial charge in [-0.25, -0.2) is 0 Å². The Morgan fingerprint density at radius 3 is 2.65 bits per heavy atom. The summed E-state index contributed by atoms with van der Waals surface area (Å²) in [6.07, 6.45) is 4.68. The van der Waals surface area contributed by atoms with Crippen LogP contribution >= 0.6 is 0 Å². The quantitative estimate of drug-likeness (QED) is 0.859. The minimum atomic E-state index is 0.227. The predicted molar refractivity (Wildman–Crippen MR) is 77.3 cm³/mol. The number of hydrogen-bond acceptors (Lipinski definition) is 5. The van der Waals surface area contributed by atoms with Crippen molar-refractivity contribution in [1.82, 2.24) is 15.0 Å². The molecule has 0 spiro atoms. The fraction of sp³-hybridized carbons (Fsp3) is 0.867. The Bertz CT molecular complexity index is 441. The fourth-order valence-corrected chi connectivity index (χ4v) is 4.00. The zero-order valence-corrected chi connectivity index (χ0v) is 12.6. The first kappa shape index (κ1) is 14.0. The summed E-state index contributed by atoms with van der Waals surface area (Å²) in [6.45, 7) is 7.49.